The summed E-state index contributed by atoms with van der Waals surface area (Å²) in [6.45, 7) is 4.69. The third-order valence-electron chi connectivity index (χ3n) is 4.59. The quantitative estimate of drug-likeness (QED) is 0.290. The molecule has 9 heteroatoms. The summed E-state index contributed by atoms with van der Waals surface area (Å²) >= 11 is 12.2. The largest absolute Gasteiger partial charge is 0.386 e. The molecule has 0 saturated carbocycles. The molecule has 0 spiro atoms. The maximum atomic E-state index is 10.4. The van der Waals surface area contributed by atoms with Gasteiger partial charge in [0.25, 0.3) is 0 Å². The normalized spacial score (nSPS) is 17.6. The summed E-state index contributed by atoms with van der Waals surface area (Å²) in [6.07, 6.45) is 2.03. The van der Waals surface area contributed by atoms with Crippen molar-refractivity contribution in [3.8, 4) is 0 Å². The van der Waals surface area contributed by atoms with Crippen molar-refractivity contribution in [2.45, 2.75) is 25.5 Å². The topological polar surface area (TPSA) is 72.8 Å². The van der Waals surface area contributed by atoms with Gasteiger partial charge in [0.05, 0.1) is 17.7 Å². The van der Waals surface area contributed by atoms with Gasteiger partial charge in [-0.3, -0.25) is 4.99 Å². The van der Waals surface area contributed by atoms with Crippen LogP contribution in [0.2, 0.25) is 10.0 Å². The minimum Gasteiger partial charge on any atom is -0.386 e. The van der Waals surface area contributed by atoms with E-state index in [2.05, 4.69) is 25.5 Å². The Morgan fingerprint density at radius 2 is 2.07 bits per heavy atom. The van der Waals surface area contributed by atoms with Crippen LogP contribution in [0.4, 0.5) is 5.82 Å². The first-order valence-corrected chi connectivity index (χ1v) is 10.2. The van der Waals surface area contributed by atoms with Crippen LogP contribution in [0, 0.1) is 0 Å². The summed E-state index contributed by atoms with van der Waals surface area (Å²) in [5.74, 6) is 1.50. The van der Waals surface area contributed by atoms with E-state index in [0.29, 0.717) is 16.0 Å². The van der Waals surface area contributed by atoms with Crippen molar-refractivity contribution in [3.63, 3.8) is 0 Å². The highest BCUT2D eigenvalue weighted by Gasteiger charge is 2.25. The third kappa shape index (κ3) is 6.87. The Morgan fingerprint density at radius 1 is 1.31 bits per heavy atom. The maximum absolute atomic E-state index is 10.4. The van der Waals surface area contributed by atoms with Crippen LogP contribution >= 0.6 is 47.2 Å². The van der Waals surface area contributed by atoms with Gasteiger partial charge in [-0.2, -0.15) is 0 Å². The number of nitrogens with one attached hydrogen (secondary N) is 2. The van der Waals surface area contributed by atoms with E-state index in [1.54, 1.807) is 18.3 Å². The molecule has 0 amide bonds. The summed E-state index contributed by atoms with van der Waals surface area (Å²) in [5, 5.41) is 18.4. The zero-order chi connectivity index (χ0) is 19.9. The fraction of sp³-hybridized carbons (Fsp3) is 0.400. The van der Waals surface area contributed by atoms with Crippen molar-refractivity contribution in [1.82, 2.24) is 15.6 Å². The monoisotopic (exact) mass is 549 g/mol. The molecule has 2 heterocycles. The molecule has 1 fully saturated rings. The molecule has 1 aliphatic heterocycles. The Hall–Kier alpha value is -1.29. The van der Waals surface area contributed by atoms with Gasteiger partial charge in [-0.05, 0) is 43.2 Å². The molecule has 2 unspecified atom stereocenters. The van der Waals surface area contributed by atoms with E-state index < -0.39 is 6.10 Å². The van der Waals surface area contributed by atoms with Gasteiger partial charge in [-0.1, -0.05) is 35.3 Å². The molecular formula is C20H26Cl2IN5O. The molecule has 2 aromatic rings. The highest BCUT2D eigenvalue weighted by atomic mass is 127. The molecule has 0 aliphatic carbocycles. The smallest absolute Gasteiger partial charge is 0.191 e. The van der Waals surface area contributed by atoms with Crippen LogP contribution in [0.25, 0.3) is 0 Å². The second-order valence-corrected chi connectivity index (χ2v) is 7.52. The lowest BCUT2D eigenvalue weighted by Crippen LogP contribution is -2.44. The number of rotatable bonds is 6. The lowest BCUT2D eigenvalue weighted by molar-refractivity contribution is 0.187. The van der Waals surface area contributed by atoms with Gasteiger partial charge in [0.2, 0.25) is 0 Å². The van der Waals surface area contributed by atoms with Gasteiger partial charge < -0.3 is 20.6 Å². The van der Waals surface area contributed by atoms with Crippen molar-refractivity contribution in [1.29, 1.82) is 0 Å². The van der Waals surface area contributed by atoms with Crippen LogP contribution in [0.5, 0.6) is 0 Å². The third-order valence-corrected chi connectivity index (χ3v) is 5.14. The average molecular weight is 550 g/mol. The predicted molar refractivity (Wildman–Crippen MR) is 131 cm³/mol. The minimum atomic E-state index is -0.680. The molecule has 3 rings (SSSR count). The number of aromatic nitrogens is 1. The van der Waals surface area contributed by atoms with E-state index in [-0.39, 0.29) is 36.6 Å². The predicted octanol–water partition coefficient (Wildman–Crippen LogP) is 3.87. The fourth-order valence-corrected chi connectivity index (χ4v) is 3.53. The Bertz CT molecular complexity index is 806. The zero-order valence-electron chi connectivity index (χ0n) is 16.2. The number of aliphatic hydroxyl groups is 1. The molecule has 29 heavy (non-hydrogen) atoms. The van der Waals surface area contributed by atoms with Crippen molar-refractivity contribution < 1.29 is 5.11 Å². The Labute approximate surface area is 198 Å². The number of aliphatic imine (C=N–C) groups is 1. The summed E-state index contributed by atoms with van der Waals surface area (Å²) in [6, 6.07) is 11.1. The zero-order valence-corrected chi connectivity index (χ0v) is 20.0. The first kappa shape index (κ1) is 24.0. The van der Waals surface area contributed by atoms with Crippen LogP contribution < -0.4 is 15.5 Å². The maximum Gasteiger partial charge on any atom is 0.191 e. The number of halogens is 3. The van der Waals surface area contributed by atoms with E-state index in [1.807, 2.05) is 31.2 Å². The standard InChI is InChI=1S/C20H25Cl2N5O.HI/c1-2-23-20(25-12-18(28)14-5-7-15(21)8-6-14)26-16-9-11-27(13-16)19-17(22)4-3-10-24-19;/h3-8,10,16,18,28H,2,9,11-13H2,1H3,(H2,23,25,26);1H. The lowest BCUT2D eigenvalue weighted by atomic mass is 10.1. The number of nitrogens with zero attached hydrogens (tertiary/aromatic N) is 3. The molecule has 0 bridgehead atoms. The number of pyridine rings is 1. The molecule has 1 aromatic heterocycles. The number of guanidine groups is 1. The minimum absolute atomic E-state index is 0. The van der Waals surface area contributed by atoms with Crippen LogP contribution in [0.3, 0.4) is 0 Å². The van der Waals surface area contributed by atoms with E-state index in [0.717, 1.165) is 37.4 Å². The van der Waals surface area contributed by atoms with E-state index in [9.17, 15) is 5.11 Å². The molecular weight excluding hydrogens is 524 g/mol. The number of benzene rings is 1. The first-order chi connectivity index (χ1) is 13.6. The van der Waals surface area contributed by atoms with Gasteiger partial charge >= 0.3 is 0 Å². The Balaban J connectivity index is 0.00000300. The van der Waals surface area contributed by atoms with Crippen LogP contribution in [0.15, 0.2) is 47.6 Å². The second-order valence-electron chi connectivity index (χ2n) is 6.67. The Kier molecular flexibility index (Phi) is 9.74. The summed E-state index contributed by atoms with van der Waals surface area (Å²) in [4.78, 5) is 11.1. The van der Waals surface area contributed by atoms with Crippen molar-refractivity contribution in [3.05, 3.63) is 58.2 Å². The van der Waals surface area contributed by atoms with Crippen molar-refractivity contribution in [2.24, 2.45) is 4.99 Å². The molecule has 1 aliphatic rings. The second kappa shape index (κ2) is 11.8. The molecule has 6 nitrogen and oxygen atoms in total. The number of hydrogen-bond acceptors (Lipinski definition) is 4. The molecule has 0 radical (unpaired) electrons. The van der Waals surface area contributed by atoms with Crippen molar-refractivity contribution in [2.75, 3.05) is 31.1 Å². The summed E-state index contributed by atoms with van der Waals surface area (Å²) < 4.78 is 0. The van der Waals surface area contributed by atoms with E-state index in [1.165, 1.54) is 0 Å². The average Bonchev–Trinajstić information content (AvgIpc) is 3.15. The van der Waals surface area contributed by atoms with Crippen molar-refractivity contribution >= 4 is 59.0 Å². The van der Waals surface area contributed by atoms with Gasteiger partial charge in [-0.15, -0.1) is 24.0 Å². The highest BCUT2D eigenvalue weighted by molar-refractivity contribution is 14.0. The lowest BCUT2D eigenvalue weighted by Gasteiger charge is -2.20. The SMILES string of the molecule is CCNC(=NCC(O)c1ccc(Cl)cc1)NC1CCN(c2ncccc2Cl)C1.I. The van der Waals surface area contributed by atoms with E-state index >= 15 is 0 Å². The highest BCUT2D eigenvalue weighted by Crippen LogP contribution is 2.25. The molecule has 3 N–H and O–H groups in total. The van der Waals surface area contributed by atoms with Crippen LogP contribution in [0.1, 0.15) is 25.0 Å². The van der Waals surface area contributed by atoms with Gasteiger partial charge in [-0.25, -0.2) is 4.98 Å². The van der Waals surface area contributed by atoms with Crippen LogP contribution in [-0.2, 0) is 0 Å². The summed E-state index contributed by atoms with van der Waals surface area (Å²) in [7, 11) is 0. The summed E-state index contributed by atoms with van der Waals surface area (Å²) in [5.41, 5.74) is 0.792. The number of hydrogen-bond donors (Lipinski definition) is 3. The molecule has 2 atom stereocenters. The van der Waals surface area contributed by atoms with Gasteiger partial charge in [0.15, 0.2) is 5.96 Å². The van der Waals surface area contributed by atoms with Gasteiger partial charge in [0, 0.05) is 36.9 Å². The Morgan fingerprint density at radius 3 is 2.76 bits per heavy atom. The molecule has 158 valence electrons. The number of aliphatic hydroxyl groups excluding tert-OH is 1. The molecule has 1 saturated heterocycles. The first-order valence-electron chi connectivity index (χ1n) is 9.40. The molecule has 1 aromatic carbocycles. The number of anilines is 1. The van der Waals surface area contributed by atoms with Gasteiger partial charge in [0.1, 0.15) is 5.82 Å². The fourth-order valence-electron chi connectivity index (χ4n) is 3.16. The van der Waals surface area contributed by atoms with E-state index in [4.69, 9.17) is 23.2 Å². The van der Waals surface area contributed by atoms with Crippen LogP contribution in [-0.4, -0.2) is 48.3 Å².